The van der Waals surface area contributed by atoms with Gasteiger partial charge in [0, 0.05) is 12.4 Å². The first-order chi connectivity index (χ1) is 8.47. The lowest BCUT2D eigenvalue weighted by Gasteiger charge is -2.13. The van der Waals surface area contributed by atoms with E-state index >= 15 is 0 Å². The van der Waals surface area contributed by atoms with Crippen LogP contribution in [0.4, 0.5) is 0 Å². The van der Waals surface area contributed by atoms with Gasteiger partial charge in [-0.3, -0.25) is 9.59 Å². The van der Waals surface area contributed by atoms with Crippen molar-refractivity contribution in [1.29, 1.82) is 0 Å². The summed E-state index contributed by atoms with van der Waals surface area (Å²) in [6.45, 7) is 6.08. The van der Waals surface area contributed by atoms with Crippen molar-refractivity contribution in [2.45, 2.75) is 26.7 Å². The summed E-state index contributed by atoms with van der Waals surface area (Å²) in [5.41, 5.74) is 2.87. The van der Waals surface area contributed by atoms with Gasteiger partial charge in [-0.05, 0) is 36.1 Å². The Morgan fingerprint density at radius 3 is 2.50 bits per heavy atom. The van der Waals surface area contributed by atoms with Crippen molar-refractivity contribution >= 4 is 17.2 Å². The topological polar surface area (TPSA) is 39.1 Å². The molecular weight excluding hydrogens is 226 g/mol. The number of fused-ring (bicyclic) bond motifs is 1. The van der Waals surface area contributed by atoms with Gasteiger partial charge in [0.1, 0.15) is 0 Å². The lowest BCUT2D eigenvalue weighted by Crippen LogP contribution is -2.22. The Morgan fingerprint density at radius 2 is 1.94 bits per heavy atom. The molecule has 0 spiro atoms. The minimum Gasteiger partial charge on any atom is -0.311 e. The highest BCUT2D eigenvalue weighted by atomic mass is 16.1. The molecule has 0 bridgehead atoms. The molecule has 0 aliphatic heterocycles. The minimum absolute atomic E-state index is 0.229. The van der Waals surface area contributed by atoms with Gasteiger partial charge < -0.3 is 4.57 Å². The quantitative estimate of drug-likeness (QED) is 0.761. The molecule has 0 fully saturated rings. The van der Waals surface area contributed by atoms with Gasteiger partial charge in [-0.2, -0.15) is 0 Å². The van der Waals surface area contributed by atoms with Crippen LogP contribution in [-0.4, -0.2) is 10.9 Å². The summed E-state index contributed by atoms with van der Waals surface area (Å²) in [7, 11) is 1.70. The van der Waals surface area contributed by atoms with E-state index in [4.69, 9.17) is 0 Å². The van der Waals surface area contributed by atoms with Gasteiger partial charge in [-0.15, -0.1) is 0 Å². The highest BCUT2D eigenvalue weighted by Gasteiger charge is 2.12. The molecular formula is C15H17NO2. The van der Waals surface area contributed by atoms with E-state index in [1.165, 1.54) is 10.1 Å². The SMILES string of the molecule is Cc1c(C=O)c(=O)n(C)c2ccc(C(C)C)cc12. The van der Waals surface area contributed by atoms with E-state index in [1.807, 2.05) is 19.1 Å². The summed E-state index contributed by atoms with van der Waals surface area (Å²) in [4.78, 5) is 23.0. The molecule has 3 heteroatoms. The predicted molar refractivity (Wildman–Crippen MR) is 73.4 cm³/mol. The molecule has 0 N–H and O–H groups in total. The number of aryl methyl sites for hydroxylation is 2. The predicted octanol–water partition coefficient (Wildman–Crippen LogP) is 2.78. The van der Waals surface area contributed by atoms with Crippen LogP contribution in [0.2, 0.25) is 0 Å². The number of aldehydes is 1. The molecule has 94 valence electrons. The van der Waals surface area contributed by atoms with E-state index in [9.17, 15) is 9.59 Å². The fourth-order valence-electron chi connectivity index (χ4n) is 2.24. The zero-order chi connectivity index (χ0) is 13.4. The Morgan fingerprint density at radius 1 is 1.28 bits per heavy atom. The van der Waals surface area contributed by atoms with Crippen LogP contribution < -0.4 is 5.56 Å². The van der Waals surface area contributed by atoms with Crippen LogP contribution in [0.1, 0.15) is 41.3 Å². The van der Waals surface area contributed by atoms with Crippen LogP contribution in [-0.2, 0) is 7.05 Å². The van der Waals surface area contributed by atoms with Gasteiger partial charge in [0.05, 0.1) is 11.1 Å². The summed E-state index contributed by atoms with van der Waals surface area (Å²) in [5.74, 6) is 0.422. The maximum absolute atomic E-state index is 12.0. The number of aromatic nitrogens is 1. The summed E-state index contributed by atoms with van der Waals surface area (Å²) in [5, 5.41) is 0.977. The molecule has 0 amide bonds. The average molecular weight is 243 g/mol. The number of benzene rings is 1. The smallest absolute Gasteiger partial charge is 0.261 e. The van der Waals surface area contributed by atoms with Gasteiger partial charge in [0.25, 0.3) is 5.56 Å². The highest BCUT2D eigenvalue weighted by Crippen LogP contribution is 2.23. The summed E-state index contributed by atoms with van der Waals surface area (Å²) in [6, 6.07) is 6.06. The largest absolute Gasteiger partial charge is 0.311 e. The van der Waals surface area contributed by atoms with Gasteiger partial charge in [-0.25, -0.2) is 0 Å². The van der Waals surface area contributed by atoms with E-state index in [1.54, 1.807) is 7.05 Å². The van der Waals surface area contributed by atoms with Gasteiger partial charge >= 0.3 is 0 Å². The molecule has 0 saturated carbocycles. The highest BCUT2D eigenvalue weighted by molar-refractivity contribution is 5.90. The Bertz CT molecular complexity index is 681. The zero-order valence-electron chi connectivity index (χ0n) is 11.2. The number of hydrogen-bond acceptors (Lipinski definition) is 2. The van der Waals surface area contributed by atoms with Crippen molar-refractivity contribution in [3.63, 3.8) is 0 Å². The molecule has 0 aliphatic rings. The monoisotopic (exact) mass is 243 g/mol. The molecule has 0 radical (unpaired) electrons. The Labute approximate surface area is 106 Å². The third kappa shape index (κ3) is 1.76. The molecule has 0 atom stereocenters. The number of carbonyl (C=O) groups excluding carboxylic acids is 1. The molecule has 1 aromatic carbocycles. The Balaban J connectivity index is 2.94. The fourth-order valence-corrected chi connectivity index (χ4v) is 2.24. The van der Waals surface area contributed by atoms with Crippen LogP contribution in [0.3, 0.4) is 0 Å². The third-order valence-corrected chi connectivity index (χ3v) is 3.51. The molecule has 18 heavy (non-hydrogen) atoms. The first-order valence-electron chi connectivity index (χ1n) is 6.05. The molecule has 0 aliphatic carbocycles. The second kappa shape index (κ2) is 4.41. The van der Waals surface area contributed by atoms with E-state index in [0.717, 1.165) is 16.5 Å². The molecule has 2 rings (SSSR count). The summed E-state index contributed by atoms with van der Waals surface area (Å²) < 4.78 is 1.54. The Kier molecular flexibility index (Phi) is 3.07. The van der Waals surface area contributed by atoms with Crippen molar-refractivity contribution in [3.05, 3.63) is 45.2 Å². The van der Waals surface area contributed by atoms with Crippen molar-refractivity contribution in [2.24, 2.45) is 7.05 Å². The number of hydrogen-bond donors (Lipinski definition) is 0. The normalized spacial score (nSPS) is 11.2. The first kappa shape index (κ1) is 12.6. The van der Waals surface area contributed by atoms with E-state index in [2.05, 4.69) is 19.9 Å². The Hall–Kier alpha value is -1.90. The molecule has 1 heterocycles. The lowest BCUT2D eigenvalue weighted by molar-refractivity contribution is 0.112. The standard InChI is InChI=1S/C15H17NO2/c1-9(2)11-5-6-14-12(7-11)10(3)13(8-17)15(18)16(14)4/h5-9H,1-4H3. The fraction of sp³-hybridized carbons (Fsp3) is 0.333. The van der Waals surface area contributed by atoms with Crippen molar-refractivity contribution in [1.82, 2.24) is 4.57 Å². The van der Waals surface area contributed by atoms with Crippen LogP contribution in [0.25, 0.3) is 10.9 Å². The summed E-state index contributed by atoms with van der Waals surface area (Å²) >= 11 is 0. The van der Waals surface area contributed by atoms with Gasteiger partial charge in [0.15, 0.2) is 6.29 Å². The second-order valence-electron chi connectivity index (χ2n) is 4.95. The second-order valence-corrected chi connectivity index (χ2v) is 4.95. The number of carbonyl (C=O) groups is 1. The van der Waals surface area contributed by atoms with E-state index in [-0.39, 0.29) is 11.1 Å². The van der Waals surface area contributed by atoms with Crippen LogP contribution in [0.5, 0.6) is 0 Å². The zero-order valence-corrected chi connectivity index (χ0v) is 11.2. The number of pyridine rings is 1. The van der Waals surface area contributed by atoms with Gasteiger partial charge in [-0.1, -0.05) is 19.9 Å². The maximum Gasteiger partial charge on any atom is 0.261 e. The minimum atomic E-state index is -0.229. The van der Waals surface area contributed by atoms with Gasteiger partial charge in [0.2, 0.25) is 0 Å². The van der Waals surface area contributed by atoms with Crippen molar-refractivity contribution < 1.29 is 4.79 Å². The molecule has 1 aromatic heterocycles. The number of nitrogens with zero attached hydrogens (tertiary/aromatic N) is 1. The summed E-state index contributed by atoms with van der Waals surface area (Å²) in [6.07, 6.45) is 0.652. The van der Waals surface area contributed by atoms with Crippen LogP contribution >= 0.6 is 0 Å². The van der Waals surface area contributed by atoms with Crippen LogP contribution in [0.15, 0.2) is 23.0 Å². The molecule has 2 aromatic rings. The molecule has 3 nitrogen and oxygen atoms in total. The lowest BCUT2D eigenvalue weighted by atomic mass is 9.97. The van der Waals surface area contributed by atoms with E-state index < -0.39 is 0 Å². The maximum atomic E-state index is 12.0. The number of rotatable bonds is 2. The van der Waals surface area contributed by atoms with Crippen molar-refractivity contribution in [3.8, 4) is 0 Å². The molecule has 0 saturated heterocycles. The first-order valence-corrected chi connectivity index (χ1v) is 6.05. The van der Waals surface area contributed by atoms with Crippen LogP contribution in [0, 0.1) is 6.92 Å². The average Bonchev–Trinajstić information content (AvgIpc) is 2.36. The van der Waals surface area contributed by atoms with E-state index in [0.29, 0.717) is 12.2 Å². The molecule has 0 unspecified atom stereocenters. The third-order valence-electron chi connectivity index (χ3n) is 3.51. The van der Waals surface area contributed by atoms with Crippen molar-refractivity contribution in [2.75, 3.05) is 0 Å².